The molecule has 1 amide bonds. The number of hydrogen-bond donors (Lipinski definition) is 2. The number of aromatic nitrogens is 4. The number of carbonyl (C=O) groups excluding carboxylic acids is 1. The van der Waals surface area contributed by atoms with Crippen molar-refractivity contribution in [1.29, 1.82) is 0 Å². The first-order valence-corrected chi connectivity index (χ1v) is 5.34. The Morgan fingerprint density at radius 3 is 2.89 bits per heavy atom. The second kappa shape index (κ2) is 4.47. The Hall–Kier alpha value is -2.38. The summed E-state index contributed by atoms with van der Waals surface area (Å²) in [5.41, 5.74) is 6.73. The minimum absolute atomic E-state index is 0.182. The lowest BCUT2D eigenvalue weighted by molar-refractivity contribution is -0.123. The number of nitrogens with one attached hydrogen (secondary N) is 1. The molecular weight excluding hydrogens is 236 g/mol. The van der Waals surface area contributed by atoms with Gasteiger partial charge >= 0.3 is 0 Å². The standard InChI is InChI=1S/C10H14N6O2/c1-5(8(17)12-2)16-7-6(15-10(16)11)9(18-3)14-4-13-7/h4-5H,1-3H3,(H2,11,15)(H,12,17). The fourth-order valence-corrected chi connectivity index (χ4v) is 1.76. The van der Waals surface area contributed by atoms with E-state index in [0.717, 1.165) is 0 Å². The third-order valence-electron chi connectivity index (χ3n) is 2.68. The molecule has 0 radical (unpaired) electrons. The second-order valence-corrected chi connectivity index (χ2v) is 3.69. The van der Waals surface area contributed by atoms with Crippen molar-refractivity contribution >= 4 is 23.0 Å². The predicted octanol–water partition coefficient (Wildman–Crippen LogP) is -0.276. The van der Waals surface area contributed by atoms with Gasteiger partial charge < -0.3 is 15.8 Å². The molecule has 0 spiro atoms. The van der Waals surface area contributed by atoms with E-state index in [0.29, 0.717) is 17.0 Å². The maximum Gasteiger partial charge on any atom is 0.245 e. The Morgan fingerprint density at radius 1 is 1.56 bits per heavy atom. The van der Waals surface area contributed by atoms with E-state index in [4.69, 9.17) is 10.5 Å². The zero-order valence-corrected chi connectivity index (χ0v) is 10.3. The van der Waals surface area contributed by atoms with Crippen LogP contribution in [0.2, 0.25) is 0 Å². The summed E-state index contributed by atoms with van der Waals surface area (Å²) in [5, 5.41) is 2.56. The van der Waals surface area contributed by atoms with Crippen molar-refractivity contribution < 1.29 is 9.53 Å². The van der Waals surface area contributed by atoms with E-state index < -0.39 is 6.04 Å². The zero-order valence-electron chi connectivity index (χ0n) is 10.3. The molecule has 2 aromatic heterocycles. The Balaban J connectivity index is 2.64. The first-order chi connectivity index (χ1) is 8.60. The molecule has 96 valence electrons. The van der Waals surface area contributed by atoms with Crippen molar-refractivity contribution in [1.82, 2.24) is 24.8 Å². The van der Waals surface area contributed by atoms with Gasteiger partial charge in [0.25, 0.3) is 0 Å². The highest BCUT2D eigenvalue weighted by atomic mass is 16.5. The molecule has 0 aliphatic rings. The van der Waals surface area contributed by atoms with Crippen LogP contribution in [0, 0.1) is 0 Å². The summed E-state index contributed by atoms with van der Waals surface area (Å²) in [5.74, 6) is 0.341. The highest BCUT2D eigenvalue weighted by Crippen LogP contribution is 2.25. The normalized spacial score (nSPS) is 12.4. The van der Waals surface area contributed by atoms with Crippen LogP contribution >= 0.6 is 0 Å². The molecule has 18 heavy (non-hydrogen) atoms. The van der Waals surface area contributed by atoms with Crippen molar-refractivity contribution in [2.75, 3.05) is 19.9 Å². The van der Waals surface area contributed by atoms with Crippen LogP contribution in [-0.2, 0) is 4.79 Å². The number of methoxy groups -OCH3 is 1. The van der Waals surface area contributed by atoms with Crippen molar-refractivity contribution in [3.05, 3.63) is 6.33 Å². The van der Waals surface area contributed by atoms with Gasteiger partial charge in [-0.1, -0.05) is 0 Å². The van der Waals surface area contributed by atoms with Crippen LogP contribution in [0.3, 0.4) is 0 Å². The summed E-state index contributed by atoms with van der Waals surface area (Å²) in [6, 6.07) is -0.514. The molecule has 1 atom stereocenters. The van der Waals surface area contributed by atoms with Gasteiger partial charge in [0.2, 0.25) is 17.7 Å². The SMILES string of the molecule is CNC(=O)C(C)n1c(N)nc2c(OC)ncnc21. The van der Waals surface area contributed by atoms with Crippen molar-refractivity contribution in [3.63, 3.8) is 0 Å². The van der Waals surface area contributed by atoms with E-state index in [1.165, 1.54) is 13.4 Å². The molecule has 1 unspecified atom stereocenters. The fraction of sp³-hybridized carbons (Fsp3) is 0.400. The van der Waals surface area contributed by atoms with Gasteiger partial charge in [0, 0.05) is 7.05 Å². The molecule has 0 aromatic carbocycles. The second-order valence-electron chi connectivity index (χ2n) is 3.69. The molecule has 0 fully saturated rings. The highest BCUT2D eigenvalue weighted by molar-refractivity contribution is 5.85. The molecule has 0 aliphatic carbocycles. The summed E-state index contributed by atoms with van der Waals surface area (Å²) >= 11 is 0. The summed E-state index contributed by atoms with van der Waals surface area (Å²) in [4.78, 5) is 23.8. The molecule has 0 bridgehead atoms. The summed E-state index contributed by atoms with van der Waals surface area (Å²) in [6.45, 7) is 1.71. The first-order valence-electron chi connectivity index (χ1n) is 5.34. The Bertz CT molecular complexity index is 593. The van der Waals surface area contributed by atoms with E-state index in [9.17, 15) is 4.79 Å². The Morgan fingerprint density at radius 2 is 2.28 bits per heavy atom. The number of anilines is 1. The van der Waals surface area contributed by atoms with Crippen molar-refractivity contribution in [2.24, 2.45) is 0 Å². The molecule has 8 nitrogen and oxygen atoms in total. The summed E-state index contributed by atoms with van der Waals surface area (Å²) in [6.07, 6.45) is 1.34. The molecule has 0 saturated carbocycles. The van der Waals surface area contributed by atoms with Crippen LogP contribution in [0.15, 0.2) is 6.33 Å². The Kier molecular flexibility index (Phi) is 3.00. The number of nitrogens with zero attached hydrogens (tertiary/aromatic N) is 4. The van der Waals surface area contributed by atoms with E-state index in [-0.39, 0.29) is 11.9 Å². The molecular formula is C10H14N6O2. The van der Waals surface area contributed by atoms with Gasteiger partial charge in [0.05, 0.1) is 7.11 Å². The van der Waals surface area contributed by atoms with Crippen LogP contribution in [0.5, 0.6) is 5.88 Å². The number of imidazole rings is 1. The van der Waals surface area contributed by atoms with Gasteiger partial charge in [-0.2, -0.15) is 4.98 Å². The first kappa shape index (κ1) is 12.1. The van der Waals surface area contributed by atoms with E-state index in [1.807, 2.05) is 0 Å². The number of hydrogen-bond acceptors (Lipinski definition) is 6. The van der Waals surface area contributed by atoms with Crippen LogP contribution in [0.1, 0.15) is 13.0 Å². The number of fused-ring (bicyclic) bond motifs is 1. The fourth-order valence-electron chi connectivity index (χ4n) is 1.76. The lowest BCUT2D eigenvalue weighted by atomic mass is 10.3. The molecule has 8 heteroatoms. The van der Waals surface area contributed by atoms with Gasteiger partial charge in [-0.05, 0) is 6.92 Å². The predicted molar refractivity (Wildman–Crippen MR) is 65.1 cm³/mol. The van der Waals surface area contributed by atoms with Crippen LogP contribution < -0.4 is 15.8 Å². The van der Waals surface area contributed by atoms with Crippen LogP contribution in [0.4, 0.5) is 5.95 Å². The Labute approximate surface area is 103 Å². The largest absolute Gasteiger partial charge is 0.479 e. The average molecular weight is 250 g/mol. The number of carbonyl (C=O) groups is 1. The number of rotatable bonds is 3. The lowest BCUT2D eigenvalue weighted by Crippen LogP contribution is -2.28. The molecule has 0 saturated heterocycles. The quantitative estimate of drug-likeness (QED) is 0.776. The molecule has 2 rings (SSSR count). The van der Waals surface area contributed by atoms with E-state index in [2.05, 4.69) is 20.3 Å². The average Bonchev–Trinajstić information content (AvgIpc) is 2.72. The molecule has 0 aliphatic heterocycles. The highest BCUT2D eigenvalue weighted by Gasteiger charge is 2.22. The topological polar surface area (TPSA) is 108 Å². The number of nitrogen functional groups attached to an aromatic ring is 1. The summed E-state index contributed by atoms with van der Waals surface area (Å²) in [7, 11) is 3.04. The smallest absolute Gasteiger partial charge is 0.245 e. The molecule has 2 heterocycles. The minimum Gasteiger partial charge on any atom is -0.479 e. The minimum atomic E-state index is -0.514. The van der Waals surface area contributed by atoms with E-state index >= 15 is 0 Å². The maximum atomic E-state index is 11.7. The monoisotopic (exact) mass is 250 g/mol. The number of nitrogens with two attached hydrogens (primary N) is 1. The van der Waals surface area contributed by atoms with Gasteiger partial charge in [-0.3, -0.25) is 9.36 Å². The third-order valence-corrected chi connectivity index (χ3v) is 2.68. The number of likely N-dealkylation sites (N-methyl/N-ethyl adjacent to an activating group) is 1. The van der Waals surface area contributed by atoms with Crippen LogP contribution in [-0.4, -0.2) is 39.6 Å². The van der Waals surface area contributed by atoms with Gasteiger partial charge in [-0.25, -0.2) is 9.97 Å². The van der Waals surface area contributed by atoms with Gasteiger partial charge in [-0.15, -0.1) is 0 Å². The van der Waals surface area contributed by atoms with Crippen molar-refractivity contribution in [3.8, 4) is 5.88 Å². The number of ether oxygens (including phenoxy) is 1. The number of amides is 1. The lowest BCUT2D eigenvalue weighted by Gasteiger charge is -2.13. The molecule has 3 N–H and O–H groups in total. The zero-order chi connectivity index (χ0) is 13.3. The summed E-state index contributed by atoms with van der Waals surface area (Å²) < 4.78 is 6.62. The van der Waals surface area contributed by atoms with Gasteiger partial charge in [0.1, 0.15) is 12.4 Å². The van der Waals surface area contributed by atoms with Crippen LogP contribution in [0.25, 0.3) is 11.2 Å². The van der Waals surface area contributed by atoms with E-state index in [1.54, 1.807) is 18.5 Å². The van der Waals surface area contributed by atoms with Gasteiger partial charge in [0.15, 0.2) is 11.2 Å². The van der Waals surface area contributed by atoms with Crippen molar-refractivity contribution in [2.45, 2.75) is 13.0 Å². The maximum absolute atomic E-state index is 11.7. The third kappa shape index (κ3) is 1.71. The molecule has 2 aromatic rings.